The predicted molar refractivity (Wildman–Crippen MR) is 185 cm³/mol. The third-order valence-corrected chi connectivity index (χ3v) is 14.0. The summed E-state index contributed by atoms with van der Waals surface area (Å²) in [6.07, 6.45) is 8.61. The normalized spacial score (nSPS) is 29.0. The number of allylic oxidation sites excluding steroid dienone is 2. The Kier molecular flexibility index (Phi) is 9.34. The zero-order valence-corrected chi connectivity index (χ0v) is 29.5. The zero-order chi connectivity index (χ0) is 35.3. The van der Waals surface area contributed by atoms with E-state index in [1.54, 1.807) is 30.0 Å². The molecule has 0 bridgehead atoms. The Hall–Kier alpha value is -3.71. The summed E-state index contributed by atoms with van der Waals surface area (Å²) in [6, 6.07) is 9.51. The highest BCUT2D eigenvalue weighted by Crippen LogP contribution is 2.57. The molecule has 4 aliphatic rings. The van der Waals surface area contributed by atoms with E-state index in [1.165, 1.54) is 35.6 Å². The minimum atomic E-state index is -3.93. The van der Waals surface area contributed by atoms with Gasteiger partial charge in [-0.1, -0.05) is 48.5 Å². The Bertz CT molecular complexity index is 1960. The number of amides is 2. The summed E-state index contributed by atoms with van der Waals surface area (Å²) >= 11 is 1.17. The second-order valence-corrected chi connectivity index (χ2v) is 17.9. The van der Waals surface area contributed by atoms with Crippen molar-refractivity contribution in [3.8, 4) is 5.19 Å². The summed E-state index contributed by atoms with van der Waals surface area (Å²) in [5.41, 5.74) is 0.0119. The Labute approximate surface area is 294 Å². The second-order valence-electron chi connectivity index (χ2n) is 14.7. The molecule has 2 aliphatic heterocycles. The molecule has 7 rings (SSSR count). The average molecular weight is 726 g/mol. The van der Waals surface area contributed by atoms with E-state index in [0.717, 1.165) is 25.7 Å². The number of nitrogens with one attached hydrogen (secondary N) is 1. The number of hydrogen-bond acceptors (Lipinski definition) is 8. The van der Waals surface area contributed by atoms with Gasteiger partial charge in [-0.2, -0.15) is 0 Å². The largest absolute Gasteiger partial charge is 0.465 e. The van der Waals surface area contributed by atoms with Gasteiger partial charge in [0.2, 0.25) is 21.8 Å². The maximum Gasteiger partial charge on any atom is 0.274 e. The number of rotatable bonds is 7. The van der Waals surface area contributed by atoms with Gasteiger partial charge >= 0.3 is 0 Å². The van der Waals surface area contributed by atoms with Gasteiger partial charge in [-0.05, 0) is 93.7 Å². The number of hydrogen-bond donors (Lipinski definition) is 1. The molecule has 0 unspecified atom stereocenters. The molecule has 3 fully saturated rings. The van der Waals surface area contributed by atoms with Crippen LogP contribution in [0.25, 0.3) is 10.2 Å². The van der Waals surface area contributed by atoms with Crippen molar-refractivity contribution in [2.75, 3.05) is 6.54 Å². The van der Waals surface area contributed by atoms with Crippen LogP contribution in [-0.2, 0) is 30.8 Å². The van der Waals surface area contributed by atoms with Crippen LogP contribution in [-0.4, -0.2) is 59.3 Å². The summed E-state index contributed by atoms with van der Waals surface area (Å²) in [5, 5.41) is 0.288. The summed E-state index contributed by atoms with van der Waals surface area (Å²) in [5.74, 6) is -2.87. The molecule has 1 N–H and O–H groups in total. The first kappa shape index (κ1) is 34.7. The van der Waals surface area contributed by atoms with Gasteiger partial charge in [0.05, 0.1) is 33.0 Å². The number of halogens is 2. The lowest BCUT2D eigenvalue weighted by molar-refractivity contribution is -0.142. The predicted octanol–water partition coefficient (Wildman–Crippen LogP) is 6.27. The number of fused-ring (bicyclic) bond motifs is 3. The highest BCUT2D eigenvalue weighted by molar-refractivity contribution is 7.91. The fourth-order valence-electron chi connectivity index (χ4n) is 7.44. The molecule has 3 heterocycles. The van der Waals surface area contributed by atoms with Crippen molar-refractivity contribution in [3.05, 3.63) is 71.8 Å². The van der Waals surface area contributed by atoms with Crippen molar-refractivity contribution in [1.29, 1.82) is 0 Å². The molecule has 2 saturated carbocycles. The van der Waals surface area contributed by atoms with Crippen LogP contribution in [0.4, 0.5) is 8.78 Å². The topological polar surface area (TPSA) is 123 Å². The number of sulfonamides is 1. The van der Waals surface area contributed by atoms with Crippen LogP contribution in [0.15, 0.2) is 54.6 Å². The molecule has 2 amide bonds. The van der Waals surface area contributed by atoms with Gasteiger partial charge in [0, 0.05) is 18.8 Å². The van der Waals surface area contributed by atoms with E-state index in [4.69, 9.17) is 4.74 Å². The van der Waals surface area contributed by atoms with Crippen LogP contribution in [0.3, 0.4) is 0 Å². The highest BCUT2D eigenvalue weighted by atomic mass is 32.2. The first-order valence-electron chi connectivity index (χ1n) is 17.4. The smallest absolute Gasteiger partial charge is 0.274 e. The van der Waals surface area contributed by atoms with Crippen LogP contribution in [0, 0.1) is 28.9 Å². The van der Waals surface area contributed by atoms with Crippen LogP contribution < -0.4 is 9.46 Å². The quantitative estimate of drug-likeness (QED) is 0.285. The van der Waals surface area contributed by atoms with Crippen LogP contribution in [0.1, 0.15) is 76.7 Å². The molecular formula is C37H41F2N3O6S2. The molecule has 0 spiro atoms. The standard InChI is InChI=1S/C37H41F2N3O6S2/c1-36(14-15-36)50(46,47)41-34(45)37-20-25(37)10-6-4-2-3-5-9-24(16-23-8-7-11-26(38)17-23)33(44)42-22-28(19-30(42)31(43)21-37)48-35-40-29-13-12-27(39)18-32(29)49-35/h6-8,10-13,17-18,24-25,28,30H,2-5,9,14-16,19-22H2,1H3,(H,41,45)/b10-6-/t24-,25-,28-,30+,37-/m1/s1. The molecule has 2 aromatic carbocycles. The van der Waals surface area contributed by atoms with E-state index in [9.17, 15) is 31.6 Å². The van der Waals surface area contributed by atoms with Crippen molar-refractivity contribution in [3.63, 3.8) is 0 Å². The lowest BCUT2D eigenvalue weighted by atomic mass is 9.90. The van der Waals surface area contributed by atoms with Crippen LogP contribution in [0.2, 0.25) is 0 Å². The van der Waals surface area contributed by atoms with E-state index in [-0.39, 0.29) is 42.2 Å². The van der Waals surface area contributed by atoms with E-state index in [1.807, 2.05) is 12.2 Å². The molecule has 50 heavy (non-hydrogen) atoms. The molecule has 0 radical (unpaired) electrons. The zero-order valence-electron chi connectivity index (χ0n) is 27.9. The summed E-state index contributed by atoms with van der Waals surface area (Å²) < 4.78 is 62.4. The molecule has 266 valence electrons. The number of ether oxygens (including phenoxy) is 1. The van der Waals surface area contributed by atoms with Crippen molar-refractivity contribution in [1.82, 2.24) is 14.6 Å². The van der Waals surface area contributed by atoms with Crippen molar-refractivity contribution in [2.24, 2.45) is 17.3 Å². The van der Waals surface area contributed by atoms with Crippen LogP contribution >= 0.6 is 11.3 Å². The van der Waals surface area contributed by atoms with Gasteiger partial charge in [0.15, 0.2) is 5.78 Å². The minimum Gasteiger partial charge on any atom is -0.465 e. The lowest BCUT2D eigenvalue weighted by Crippen LogP contribution is -2.47. The number of nitrogens with zero attached hydrogens (tertiary/aromatic N) is 2. The van der Waals surface area contributed by atoms with E-state index in [0.29, 0.717) is 47.9 Å². The van der Waals surface area contributed by atoms with Gasteiger partial charge in [-0.15, -0.1) is 0 Å². The van der Waals surface area contributed by atoms with Gasteiger partial charge in [0.25, 0.3) is 5.19 Å². The fourth-order valence-corrected chi connectivity index (χ4v) is 9.68. The molecule has 1 aromatic heterocycles. The van der Waals surface area contributed by atoms with E-state index >= 15 is 0 Å². The third kappa shape index (κ3) is 7.08. The van der Waals surface area contributed by atoms with Crippen LogP contribution in [0.5, 0.6) is 5.19 Å². The third-order valence-electron chi connectivity index (χ3n) is 10.9. The monoisotopic (exact) mass is 725 g/mol. The first-order chi connectivity index (χ1) is 23.9. The number of ketones is 1. The Morgan fingerprint density at radius 3 is 2.68 bits per heavy atom. The maximum absolute atomic E-state index is 14.5. The first-order valence-corrected chi connectivity index (χ1v) is 19.7. The molecule has 13 heteroatoms. The SMILES string of the molecule is CC1(S(=O)(=O)NC(=O)[C@]23CC(=O)[C@@H]4C[C@@H](Oc5nc6ccc(F)cc6s5)CN4C(=O)[C@@H](Cc4cccc(F)c4)CCCCC/C=C\[C@@H]2C3)CC1. The number of carbonyl (C=O) groups is 3. The molecule has 9 nitrogen and oxygen atoms in total. The van der Waals surface area contributed by atoms with Crippen molar-refractivity contribution >= 4 is 49.2 Å². The molecular weight excluding hydrogens is 685 g/mol. The molecule has 3 aromatic rings. The minimum absolute atomic E-state index is 0.0917. The van der Waals surface area contributed by atoms with Crippen molar-refractivity contribution < 1.29 is 36.3 Å². The van der Waals surface area contributed by atoms with E-state index in [2.05, 4.69) is 9.71 Å². The number of aromatic nitrogens is 1. The van der Waals surface area contributed by atoms with Gasteiger partial charge in [0.1, 0.15) is 17.7 Å². The van der Waals surface area contributed by atoms with E-state index < -0.39 is 55.8 Å². The highest BCUT2D eigenvalue weighted by Gasteiger charge is 2.62. The van der Waals surface area contributed by atoms with Gasteiger partial charge < -0.3 is 9.64 Å². The van der Waals surface area contributed by atoms with Gasteiger partial charge in [-0.25, -0.2) is 22.2 Å². The summed E-state index contributed by atoms with van der Waals surface area (Å²) in [4.78, 5) is 48.7. The average Bonchev–Trinajstić information content (AvgIpc) is 3.88. The Morgan fingerprint density at radius 2 is 1.90 bits per heavy atom. The summed E-state index contributed by atoms with van der Waals surface area (Å²) in [6.45, 7) is 1.70. The number of carbonyl (C=O) groups excluding carboxylic acids is 3. The fraction of sp³-hybridized carbons (Fsp3) is 0.514. The number of benzene rings is 2. The molecule has 2 aliphatic carbocycles. The Morgan fingerprint density at radius 1 is 1.10 bits per heavy atom. The number of thiazole rings is 1. The molecule has 5 atom stereocenters. The lowest BCUT2D eigenvalue weighted by Gasteiger charge is -2.29. The van der Waals surface area contributed by atoms with Crippen molar-refractivity contribution in [2.45, 2.75) is 94.4 Å². The molecule has 1 saturated heterocycles. The van der Waals surface area contributed by atoms with Gasteiger partial charge in [-0.3, -0.25) is 19.1 Å². The summed E-state index contributed by atoms with van der Waals surface area (Å²) in [7, 11) is -3.93. The Balaban J connectivity index is 1.19. The second kappa shape index (κ2) is 13.4. The maximum atomic E-state index is 14.5. The number of Topliss-reactive ketones (excluding diaryl/α,β-unsaturated/α-hetero) is 1.